The van der Waals surface area contributed by atoms with Gasteiger partial charge in [0.2, 0.25) is 0 Å². The van der Waals surface area contributed by atoms with Gasteiger partial charge in [0.1, 0.15) is 5.82 Å². The van der Waals surface area contributed by atoms with Gasteiger partial charge in [0, 0.05) is 49.1 Å². The molecule has 0 aliphatic rings. The van der Waals surface area contributed by atoms with Crippen LogP contribution in [0.15, 0.2) is 81.2 Å². The zero-order valence-corrected chi connectivity index (χ0v) is 23.1. The van der Waals surface area contributed by atoms with Crippen molar-refractivity contribution in [1.29, 1.82) is 0 Å². The van der Waals surface area contributed by atoms with Crippen molar-refractivity contribution in [2.45, 2.75) is 32.7 Å². The molecule has 0 unspecified atom stereocenters. The average Bonchev–Trinajstić information content (AvgIpc) is 3.17. The van der Waals surface area contributed by atoms with E-state index < -0.39 is 5.41 Å². The molecular weight excluding hydrogens is 559 g/mol. The summed E-state index contributed by atoms with van der Waals surface area (Å²) < 4.78 is 4.35. The summed E-state index contributed by atoms with van der Waals surface area (Å²) in [5, 5.41) is 7.41. The van der Waals surface area contributed by atoms with Gasteiger partial charge in [-0.2, -0.15) is 9.78 Å². The van der Waals surface area contributed by atoms with Crippen molar-refractivity contribution in [2.75, 3.05) is 0 Å². The SMILES string of the molecule is CC(C)(C)c1nc2ccc(Br)cc2c(=O)n1N=Cc1cn(Cc2ccc(Cl)cc2Cl)c2ccccc12. The Morgan fingerprint density at radius 3 is 2.56 bits per heavy atom. The van der Waals surface area contributed by atoms with Crippen LogP contribution >= 0.6 is 39.1 Å². The largest absolute Gasteiger partial charge is 0.342 e. The van der Waals surface area contributed by atoms with Gasteiger partial charge in [0.15, 0.2) is 0 Å². The van der Waals surface area contributed by atoms with E-state index in [-0.39, 0.29) is 5.56 Å². The molecule has 0 spiro atoms. The van der Waals surface area contributed by atoms with E-state index in [0.29, 0.717) is 33.3 Å². The number of rotatable bonds is 4. The lowest BCUT2D eigenvalue weighted by atomic mass is 9.95. The zero-order chi connectivity index (χ0) is 25.6. The maximum Gasteiger partial charge on any atom is 0.282 e. The lowest BCUT2D eigenvalue weighted by Crippen LogP contribution is -2.29. The van der Waals surface area contributed by atoms with Crippen LogP contribution in [0, 0.1) is 0 Å². The highest BCUT2D eigenvalue weighted by atomic mass is 79.9. The van der Waals surface area contributed by atoms with Crippen LogP contribution in [0.2, 0.25) is 10.0 Å². The summed E-state index contributed by atoms with van der Waals surface area (Å²) in [6.07, 6.45) is 3.75. The molecule has 182 valence electrons. The van der Waals surface area contributed by atoms with Crippen molar-refractivity contribution in [3.63, 3.8) is 0 Å². The molecule has 36 heavy (non-hydrogen) atoms. The summed E-state index contributed by atoms with van der Waals surface area (Å²) in [5.74, 6) is 0.593. The average molecular weight is 582 g/mol. The van der Waals surface area contributed by atoms with E-state index in [1.54, 1.807) is 18.3 Å². The molecule has 0 aliphatic carbocycles. The first-order valence-electron chi connectivity index (χ1n) is 11.4. The van der Waals surface area contributed by atoms with Crippen LogP contribution < -0.4 is 5.56 Å². The van der Waals surface area contributed by atoms with Crippen LogP contribution in [0.4, 0.5) is 0 Å². The molecule has 0 amide bonds. The first kappa shape index (κ1) is 24.8. The molecule has 0 radical (unpaired) electrons. The Balaban J connectivity index is 1.64. The van der Waals surface area contributed by atoms with E-state index >= 15 is 0 Å². The molecular formula is C28H23BrCl2N4O. The standard InChI is InChI=1S/C28H23BrCl2N4O/c1-28(2,3)27-33-24-11-9-19(29)12-22(24)26(36)35(27)32-14-18-16-34(25-7-5-4-6-21(18)25)15-17-8-10-20(30)13-23(17)31/h4-14,16H,15H2,1-3H3. The minimum Gasteiger partial charge on any atom is -0.342 e. The Morgan fingerprint density at radius 1 is 1.03 bits per heavy atom. The van der Waals surface area contributed by atoms with Crippen LogP contribution in [0.3, 0.4) is 0 Å². The predicted octanol–water partition coefficient (Wildman–Crippen LogP) is 7.65. The predicted molar refractivity (Wildman–Crippen MR) is 153 cm³/mol. The fourth-order valence-corrected chi connectivity index (χ4v) is 5.03. The van der Waals surface area contributed by atoms with Crippen molar-refractivity contribution in [2.24, 2.45) is 5.10 Å². The van der Waals surface area contributed by atoms with Crippen molar-refractivity contribution in [3.8, 4) is 0 Å². The molecule has 0 bridgehead atoms. The molecule has 5 rings (SSSR count). The van der Waals surface area contributed by atoms with Crippen LogP contribution in [0.5, 0.6) is 0 Å². The van der Waals surface area contributed by atoms with E-state index in [1.807, 2.05) is 69.4 Å². The van der Waals surface area contributed by atoms with E-state index in [2.05, 4.69) is 31.7 Å². The first-order chi connectivity index (χ1) is 17.1. The second kappa shape index (κ2) is 9.51. The molecule has 0 saturated carbocycles. The second-order valence-corrected chi connectivity index (χ2v) is 11.4. The monoisotopic (exact) mass is 580 g/mol. The molecule has 5 nitrogen and oxygen atoms in total. The molecule has 0 atom stereocenters. The third-order valence-electron chi connectivity index (χ3n) is 5.97. The number of hydrogen-bond acceptors (Lipinski definition) is 3. The Kier molecular flexibility index (Phi) is 6.54. The first-order valence-corrected chi connectivity index (χ1v) is 13.0. The van der Waals surface area contributed by atoms with Crippen molar-refractivity contribution in [1.82, 2.24) is 14.2 Å². The van der Waals surface area contributed by atoms with E-state index in [4.69, 9.17) is 28.2 Å². The maximum atomic E-state index is 13.5. The summed E-state index contributed by atoms with van der Waals surface area (Å²) in [4.78, 5) is 18.3. The summed E-state index contributed by atoms with van der Waals surface area (Å²) in [6, 6.07) is 19.1. The number of halogens is 3. The third kappa shape index (κ3) is 4.73. The topological polar surface area (TPSA) is 52.2 Å². The van der Waals surface area contributed by atoms with Gasteiger partial charge in [-0.25, -0.2) is 4.98 Å². The highest BCUT2D eigenvalue weighted by Gasteiger charge is 2.23. The lowest BCUT2D eigenvalue weighted by molar-refractivity contribution is 0.506. The number of para-hydroxylation sites is 1. The highest BCUT2D eigenvalue weighted by Crippen LogP contribution is 2.27. The van der Waals surface area contributed by atoms with Gasteiger partial charge in [-0.3, -0.25) is 4.79 Å². The Bertz CT molecular complexity index is 1710. The smallest absolute Gasteiger partial charge is 0.282 e. The molecule has 0 aliphatic heterocycles. The molecule has 0 N–H and O–H groups in total. The van der Waals surface area contributed by atoms with Crippen molar-refractivity contribution >= 4 is 67.2 Å². The molecule has 8 heteroatoms. The van der Waals surface area contributed by atoms with E-state index in [1.165, 1.54) is 4.68 Å². The maximum absolute atomic E-state index is 13.5. The Hall–Kier alpha value is -2.93. The molecule has 2 heterocycles. The summed E-state index contributed by atoms with van der Waals surface area (Å²) in [6.45, 7) is 6.64. The number of benzene rings is 3. The lowest BCUT2D eigenvalue weighted by Gasteiger charge is -2.20. The molecule has 3 aromatic carbocycles. The van der Waals surface area contributed by atoms with Gasteiger partial charge in [0.05, 0.1) is 17.1 Å². The second-order valence-electron chi connectivity index (χ2n) is 9.67. The van der Waals surface area contributed by atoms with E-state index in [9.17, 15) is 4.79 Å². The van der Waals surface area contributed by atoms with Gasteiger partial charge >= 0.3 is 0 Å². The van der Waals surface area contributed by atoms with E-state index in [0.717, 1.165) is 26.5 Å². The van der Waals surface area contributed by atoms with Crippen LogP contribution in [-0.4, -0.2) is 20.4 Å². The number of fused-ring (bicyclic) bond motifs is 2. The minimum absolute atomic E-state index is 0.209. The van der Waals surface area contributed by atoms with Crippen molar-refractivity contribution in [3.05, 3.63) is 109 Å². The zero-order valence-electron chi connectivity index (χ0n) is 20.0. The fraction of sp³-hybridized carbons (Fsp3) is 0.179. The highest BCUT2D eigenvalue weighted by molar-refractivity contribution is 9.10. The number of hydrogen-bond donors (Lipinski definition) is 0. The number of aromatic nitrogens is 3. The minimum atomic E-state index is -0.392. The molecule has 0 fully saturated rings. The molecule has 2 aromatic heterocycles. The fourth-order valence-electron chi connectivity index (χ4n) is 4.20. The van der Waals surface area contributed by atoms with Gasteiger partial charge < -0.3 is 4.57 Å². The molecule has 0 saturated heterocycles. The normalized spacial score (nSPS) is 12.3. The van der Waals surface area contributed by atoms with Gasteiger partial charge in [-0.05, 0) is 42.0 Å². The quantitative estimate of drug-likeness (QED) is 0.205. The van der Waals surface area contributed by atoms with Crippen LogP contribution in [0.1, 0.15) is 37.7 Å². The third-order valence-corrected chi connectivity index (χ3v) is 7.05. The number of nitrogens with zero attached hydrogens (tertiary/aromatic N) is 4. The molecule has 5 aromatic rings. The van der Waals surface area contributed by atoms with Gasteiger partial charge in [0.25, 0.3) is 5.56 Å². The summed E-state index contributed by atoms with van der Waals surface area (Å²) in [5.41, 5.74) is 2.93. The van der Waals surface area contributed by atoms with Gasteiger partial charge in [-0.15, -0.1) is 0 Å². The Morgan fingerprint density at radius 2 is 1.81 bits per heavy atom. The summed E-state index contributed by atoms with van der Waals surface area (Å²) >= 11 is 16.0. The Labute approximate surface area is 227 Å². The summed E-state index contributed by atoms with van der Waals surface area (Å²) in [7, 11) is 0. The van der Waals surface area contributed by atoms with Crippen LogP contribution in [0.25, 0.3) is 21.8 Å². The van der Waals surface area contributed by atoms with Crippen molar-refractivity contribution < 1.29 is 0 Å². The van der Waals surface area contributed by atoms with Gasteiger partial charge in [-0.1, -0.05) is 84.2 Å². The van der Waals surface area contributed by atoms with Crippen LogP contribution in [-0.2, 0) is 12.0 Å².